The molecule has 0 unspecified atom stereocenters. The van der Waals surface area contributed by atoms with Crippen molar-refractivity contribution in [1.29, 1.82) is 0 Å². The van der Waals surface area contributed by atoms with Gasteiger partial charge < -0.3 is 9.47 Å². The number of aryl methyl sites for hydroxylation is 1. The van der Waals surface area contributed by atoms with E-state index in [4.69, 9.17) is 21.1 Å². The molecule has 0 fully saturated rings. The van der Waals surface area contributed by atoms with Crippen LogP contribution in [0, 0.1) is 0 Å². The minimum atomic E-state index is -0.332. The van der Waals surface area contributed by atoms with Gasteiger partial charge >= 0.3 is 6.01 Å². The molecule has 0 saturated carbocycles. The number of hydrogen-bond acceptors (Lipinski definition) is 5. The van der Waals surface area contributed by atoms with E-state index in [9.17, 15) is 4.79 Å². The van der Waals surface area contributed by atoms with Gasteiger partial charge in [0.1, 0.15) is 6.61 Å². The van der Waals surface area contributed by atoms with E-state index in [1.54, 1.807) is 31.4 Å². The van der Waals surface area contributed by atoms with Gasteiger partial charge in [0.25, 0.3) is 5.91 Å². The smallest absolute Gasteiger partial charge is 0.336 e. The minimum Gasteiger partial charge on any atom is -0.460 e. The summed E-state index contributed by atoms with van der Waals surface area (Å²) in [5.41, 5.74) is 2.39. The largest absolute Gasteiger partial charge is 0.460 e. The summed E-state index contributed by atoms with van der Waals surface area (Å²) in [4.78, 5) is 17.4. The van der Waals surface area contributed by atoms with Gasteiger partial charge in [0.2, 0.25) is 0 Å². The maximum atomic E-state index is 13.0. The molecule has 0 aliphatic heterocycles. The first-order valence-electron chi connectivity index (χ1n) is 8.60. The van der Waals surface area contributed by atoms with Crippen molar-refractivity contribution in [3.05, 3.63) is 64.7 Å². The fourth-order valence-corrected chi connectivity index (χ4v) is 2.72. The Balaban J connectivity index is 2.00. The summed E-state index contributed by atoms with van der Waals surface area (Å²) in [5, 5.41) is 4.72. The van der Waals surface area contributed by atoms with Gasteiger partial charge in [0.05, 0.1) is 6.61 Å². The highest BCUT2D eigenvalue weighted by atomic mass is 35.5. The van der Waals surface area contributed by atoms with Crippen LogP contribution in [0.4, 0.5) is 0 Å². The van der Waals surface area contributed by atoms with Crippen molar-refractivity contribution >= 4 is 17.5 Å². The molecule has 0 amide bonds. The lowest BCUT2D eigenvalue weighted by Crippen LogP contribution is -2.15. The van der Waals surface area contributed by atoms with Gasteiger partial charge in [-0.15, -0.1) is 5.10 Å². The maximum Gasteiger partial charge on any atom is 0.336 e. The molecule has 1 aromatic heterocycles. The van der Waals surface area contributed by atoms with Gasteiger partial charge in [0, 0.05) is 23.3 Å². The third-order valence-electron chi connectivity index (χ3n) is 3.99. The molecule has 0 radical (unpaired) electrons. The lowest BCUT2D eigenvalue weighted by Gasteiger charge is -2.06. The Bertz CT molecular complexity index is 922. The van der Waals surface area contributed by atoms with Crippen LogP contribution in [-0.4, -0.2) is 41.0 Å². The monoisotopic (exact) mass is 385 g/mol. The molecule has 7 heteroatoms. The number of aromatic nitrogens is 3. The van der Waals surface area contributed by atoms with E-state index in [0.717, 1.165) is 12.0 Å². The number of carbonyl (C=O) groups excluding carboxylic acids is 1. The van der Waals surface area contributed by atoms with Gasteiger partial charge in [-0.25, -0.2) is 0 Å². The molecule has 0 aliphatic carbocycles. The number of rotatable bonds is 7. The van der Waals surface area contributed by atoms with E-state index >= 15 is 0 Å². The number of halogens is 1. The van der Waals surface area contributed by atoms with Gasteiger partial charge in [-0.3, -0.25) is 4.79 Å². The molecule has 3 aromatic rings. The summed E-state index contributed by atoms with van der Waals surface area (Å²) >= 11 is 6.02. The van der Waals surface area contributed by atoms with E-state index in [0.29, 0.717) is 29.6 Å². The maximum absolute atomic E-state index is 13.0. The van der Waals surface area contributed by atoms with E-state index in [1.807, 2.05) is 24.3 Å². The van der Waals surface area contributed by atoms with E-state index in [-0.39, 0.29) is 11.9 Å². The van der Waals surface area contributed by atoms with Crippen molar-refractivity contribution < 1.29 is 14.3 Å². The van der Waals surface area contributed by atoms with E-state index < -0.39 is 0 Å². The van der Waals surface area contributed by atoms with Gasteiger partial charge in [0.15, 0.2) is 5.82 Å². The third-order valence-corrected chi connectivity index (χ3v) is 4.23. The molecule has 6 nitrogen and oxygen atoms in total. The molecule has 1 heterocycles. The summed E-state index contributed by atoms with van der Waals surface area (Å²) in [7, 11) is 1.58. The SMILES string of the molecule is CCc1ccc(-c2nc(OCCOC)nn2C(=O)c2cccc(Cl)c2)cc1. The fraction of sp³-hybridized carbons (Fsp3) is 0.250. The Morgan fingerprint density at radius 1 is 1.15 bits per heavy atom. The van der Waals surface area contributed by atoms with Crippen molar-refractivity contribution in [3.8, 4) is 17.4 Å². The fourth-order valence-electron chi connectivity index (χ4n) is 2.53. The number of nitrogens with zero attached hydrogens (tertiary/aromatic N) is 3. The highest BCUT2D eigenvalue weighted by molar-refractivity contribution is 6.31. The molecule has 0 atom stereocenters. The van der Waals surface area contributed by atoms with Crippen LogP contribution in [-0.2, 0) is 11.2 Å². The van der Waals surface area contributed by atoms with Crippen LogP contribution in [0.5, 0.6) is 6.01 Å². The van der Waals surface area contributed by atoms with E-state index in [1.165, 1.54) is 10.2 Å². The van der Waals surface area contributed by atoms with Gasteiger partial charge in [-0.1, -0.05) is 48.9 Å². The Morgan fingerprint density at radius 2 is 1.93 bits per heavy atom. The Morgan fingerprint density at radius 3 is 2.59 bits per heavy atom. The average molecular weight is 386 g/mol. The zero-order chi connectivity index (χ0) is 19.2. The lowest BCUT2D eigenvalue weighted by molar-refractivity contribution is 0.0943. The second-order valence-electron chi connectivity index (χ2n) is 5.84. The molecular weight excluding hydrogens is 366 g/mol. The summed E-state index contributed by atoms with van der Waals surface area (Å²) in [6.45, 7) is 2.78. The first-order chi connectivity index (χ1) is 13.1. The molecule has 0 saturated heterocycles. The van der Waals surface area contributed by atoms with Gasteiger partial charge in [-0.05, 0) is 30.2 Å². The second-order valence-corrected chi connectivity index (χ2v) is 6.27. The van der Waals surface area contributed by atoms with Crippen molar-refractivity contribution in [2.75, 3.05) is 20.3 Å². The average Bonchev–Trinajstić information content (AvgIpc) is 3.12. The van der Waals surface area contributed by atoms with Crippen molar-refractivity contribution in [3.63, 3.8) is 0 Å². The molecular formula is C20H20ClN3O3. The molecule has 0 spiro atoms. The summed E-state index contributed by atoms with van der Waals surface area (Å²) in [6, 6.07) is 14.7. The topological polar surface area (TPSA) is 66.2 Å². The molecule has 27 heavy (non-hydrogen) atoms. The number of ether oxygens (including phenoxy) is 2. The predicted octanol–water partition coefficient (Wildman–Crippen LogP) is 3.87. The van der Waals surface area contributed by atoms with Crippen LogP contribution in [0.25, 0.3) is 11.4 Å². The number of benzene rings is 2. The number of methoxy groups -OCH3 is 1. The molecule has 0 N–H and O–H groups in total. The molecule has 0 bridgehead atoms. The summed E-state index contributed by atoms with van der Waals surface area (Å²) < 4.78 is 11.7. The minimum absolute atomic E-state index is 0.122. The standard InChI is InChI=1S/C20H20ClN3O3/c1-3-14-7-9-15(10-8-14)18-22-20(27-12-11-26-2)23-24(18)19(25)16-5-4-6-17(21)13-16/h4-10,13H,3,11-12H2,1-2H3. The number of hydrogen-bond donors (Lipinski definition) is 0. The highest BCUT2D eigenvalue weighted by Crippen LogP contribution is 2.22. The zero-order valence-electron chi connectivity index (χ0n) is 15.2. The van der Waals surface area contributed by atoms with Crippen LogP contribution in [0.2, 0.25) is 5.02 Å². The Labute approximate surface area is 162 Å². The highest BCUT2D eigenvalue weighted by Gasteiger charge is 2.20. The van der Waals surface area contributed by atoms with E-state index in [2.05, 4.69) is 17.0 Å². The van der Waals surface area contributed by atoms with Crippen LogP contribution >= 0.6 is 11.6 Å². The van der Waals surface area contributed by atoms with Crippen LogP contribution in [0.1, 0.15) is 22.8 Å². The quantitative estimate of drug-likeness (QED) is 0.577. The van der Waals surface area contributed by atoms with Crippen molar-refractivity contribution in [1.82, 2.24) is 14.8 Å². The predicted molar refractivity (Wildman–Crippen MR) is 103 cm³/mol. The third kappa shape index (κ3) is 4.53. The second kappa shape index (κ2) is 8.79. The molecule has 140 valence electrons. The van der Waals surface area contributed by atoms with Crippen LogP contribution < -0.4 is 4.74 Å². The lowest BCUT2D eigenvalue weighted by atomic mass is 10.1. The molecule has 3 rings (SSSR count). The summed E-state index contributed by atoms with van der Waals surface area (Å²) in [5.74, 6) is 0.0798. The Kier molecular flexibility index (Phi) is 6.21. The molecule has 2 aromatic carbocycles. The van der Waals surface area contributed by atoms with Crippen molar-refractivity contribution in [2.45, 2.75) is 13.3 Å². The van der Waals surface area contributed by atoms with Crippen LogP contribution in [0.3, 0.4) is 0 Å². The summed E-state index contributed by atoms with van der Waals surface area (Å²) in [6.07, 6.45) is 0.930. The van der Waals surface area contributed by atoms with Crippen LogP contribution in [0.15, 0.2) is 48.5 Å². The number of carbonyl (C=O) groups is 1. The normalized spacial score (nSPS) is 10.8. The Hall–Kier alpha value is -2.70. The van der Waals surface area contributed by atoms with Crippen molar-refractivity contribution in [2.24, 2.45) is 0 Å². The zero-order valence-corrected chi connectivity index (χ0v) is 15.9. The molecule has 0 aliphatic rings. The van der Waals surface area contributed by atoms with Gasteiger partial charge in [-0.2, -0.15) is 9.67 Å². The first-order valence-corrected chi connectivity index (χ1v) is 8.98. The first kappa shape index (κ1) is 19.1.